The first-order valence-corrected chi connectivity index (χ1v) is 22.7. The Labute approximate surface area is 337 Å². The maximum absolute atomic E-state index is 11.6. The molecule has 6 aliphatic carbocycles. The molecule has 7 fully saturated rings. The largest absolute Gasteiger partial charge is 0.478 e. The third-order valence-corrected chi connectivity index (χ3v) is 19.7. The first kappa shape index (κ1) is 37.5. The van der Waals surface area contributed by atoms with Gasteiger partial charge in [0, 0.05) is 49.8 Å². The van der Waals surface area contributed by atoms with E-state index in [1.165, 1.54) is 99.7 Å². The molecule has 2 aromatic carbocycles. The summed E-state index contributed by atoms with van der Waals surface area (Å²) in [6.45, 7) is 26.2. The third-order valence-electron chi connectivity index (χ3n) is 19.7. The molecule has 1 spiro atoms. The Morgan fingerprint density at radius 3 is 2.38 bits per heavy atom. The number of fused-ring (bicyclic) bond motifs is 7. The van der Waals surface area contributed by atoms with Gasteiger partial charge in [-0.1, -0.05) is 95.3 Å². The van der Waals surface area contributed by atoms with Crippen molar-refractivity contribution in [1.82, 2.24) is 15.1 Å². The Hall–Kier alpha value is -2.73. The van der Waals surface area contributed by atoms with Crippen LogP contribution >= 0.6 is 0 Å². The van der Waals surface area contributed by atoms with Crippen LogP contribution in [0.5, 0.6) is 0 Å². The number of hydrogen-bond acceptors (Lipinski definition) is 4. The summed E-state index contributed by atoms with van der Waals surface area (Å²) >= 11 is 0. The summed E-state index contributed by atoms with van der Waals surface area (Å²) in [7, 11) is 0. The molecule has 12 atom stereocenters. The van der Waals surface area contributed by atoms with Gasteiger partial charge in [0.15, 0.2) is 0 Å². The molecular weight excluding hydrogens is 687 g/mol. The van der Waals surface area contributed by atoms with Crippen molar-refractivity contribution in [3.05, 3.63) is 89.5 Å². The second-order valence-corrected chi connectivity index (χ2v) is 22.0. The highest BCUT2D eigenvalue weighted by atomic mass is 16.4. The summed E-state index contributed by atoms with van der Waals surface area (Å²) in [4.78, 5) is 17.3. The number of allylic oxidation sites excluding steroid dienone is 3. The molecule has 2 aliphatic heterocycles. The van der Waals surface area contributed by atoms with Crippen LogP contribution in [0.3, 0.4) is 0 Å². The van der Waals surface area contributed by atoms with E-state index in [1.54, 1.807) is 12.1 Å². The van der Waals surface area contributed by atoms with Gasteiger partial charge in [-0.2, -0.15) is 0 Å². The van der Waals surface area contributed by atoms with E-state index in [4.69, 9.17) is 0 Å². The van der Waals surface area contributed by atoms with Gasteiger partial charge in [0.1, 0.15) is 0 Å². The lowest BCUT2D eigenvalue weighted by atomic mass is 9.33. The van der Waals surface area contributed by atoms with Crippen LogP contribution in [0, 0.1) is 57.2 Å². The van der Waals surface area contributed by atoms with E-state index in [1.807, 2.05) is 0 Å². The highest BCUT2D eigenvalue weighted by Gasteiger charge is 2.74. The number of piperidine rings is 1. The fourth-order valence-corrected chi connectivity index (χ4v) is 16.9. The minimum absolute atomic E-state index is 0.0359. The van der Waals surface area contributed by atoms with Crippen molar-refractivity contribution >= 4 is 11.5 Å². The molecule has 0 radical (unpaired) electrons. The molecule has 2 N–H and O–H groups in total. The molecule has 8 aliphatic rings. The van der Waals surface area contributed by atoms with Crippen LogP contribution in [0.25, 0.3) is 5.57 Å². The van der Waals surface area contributed by atoms with E-state index in [0.29, 0.717) is 45.6 Å². The molecule has 0 amide bonds. The van der Waals surface area contributed by atoms with Gasteiger partial charge >= 0.3 is 5.97 Å². The van der Waals surface area contributed by atoms with Gasteiger partial charge in [-0.3, -0.25) is 9.80 Å². The smallest absolute Gasteiger partial charge is 0.335 e. The van der Waals surface area contributed by atoms with Crippen molar-refractivity contribution in [3.63, 3.8) is 0 Å². The number of benzene rings is 2. The summed E-state index contributed by atoms with van der Waals surface area (Å²) in [5.41, 5.74) is 7.57. The summed E-state index contributed by atoms with van der Waals surface area (Å²) in [5, 5.41) is 14.0. The SMILES string of the molecule is C=C(C)[C@@H]1CC[C@]2(NCCN3C[C@H]4N(Cc5ccccc5)C[C@@H]5CC543)CC[C@]3(C)[C@H](CC[C@@H]4[C@@]5(C)CC=C(c6ccc(C(=O)O)cc6)C(C)(C)[C@@H]5CC[C@]43C)[C@@H]12. The maximum atomic E-state index is 11.6. The average molecular weight is 756 g/mol. The van der Waals surface area contributed by atoms with Crippen LogP contribution in [0.4, 0.5) is 0 Å². The fourth-order valence-electron chi connectivity index (χ4n) is 16.9. The molecule has 56 heavy (non-hydrogen) atoms. The van der Waals surface area contributed by atoms with E-state index in [-0.39, 0.29) is 16.4 Å². The van der Waals surface area contributed by atoms with Gasteiger partial charge in [0.25, 0.3) is 0 Å². The van der Waals surface area contributed by atoms with Gasteiger partial charge in [-0.15, -0.1) is 0 Å². The average Bonchev–Trinajstić information content (AvgIpc) is 3.71. The number of aromatic carboxylic acids is 1. The highest BCUT2D eigenvalue weighted by Crippen LogP contribution is 2.77. The van der Waals surface area contributed by atoms with Crippen LogP contribution in [-0.2, 0) is 6.54 Å². The number of hydrogen-bond donors (Lipinski definition) is 2. The molecular formula is C51H69N3O2. The maximum Gasteiger partial charge on any atom is 0.335 e. The number of carboxylic acid groups (broad SMARTS) is 1. The predicted molar refractivity (Wildman–Crippen MR) is 227 cm³/mol. The van der Waals surface area contributed by atoms with Crippen LogP contribution in [0.15, 0.2) is 72.8 Å². The summed E-state index contributed by atoms with van der Waals surface area (Å²) in [5.74, 6) is 3.41. The van der Waals surface area contributed by atoms with Crippen LogP contribution in [0.1, 0.15) is 127 Å². The van der Waals surface area contributed by atoms with Gasteiger partial charge < -0.3 is 10.4 Å². The first-order chi connectivity index (χ1) is 26.7. The van der Waals surface area contributed by atoms with Crippen molar-refractivity contribution in [2.45, 2.75) is 129 Å². The molecule has 1 unspecified atom stereocenters. The Kier molecular flexibility index (Phi) is 8.47. The molecule has 5 nitrogen and oxygen atoms in total. The van der Waals surface area contributed by atoms with Crippen LogP contribution in [0.2, 0.25) is 0 Å². The number of likely N-dealkylation sites (tertiary alicyclic amines) is 2. The molecule has 2 saturated heterocycles. The normalized spacial score (nSPS) is 44.5. The Balaban J connectivity index is 0.864. The second-order valence-electron chi connectivity index (χ2n) is 22.0. The number of carbonyl (C=O) groups is 1. The Morgan fingerprint density at radius 2 is 1.64 bits per heavy atom. The van der Waals surface area contributed by atoms with E-state index < -0.39 is 5.97 Å². The topological polar surface area (TPSA) is 55.8 Å². The molecule has 0 aromatic heterocycles. The van der Waals surface area contributed by atoms with Crippen LogP contribution < -0.4 is 5.32 Å². The van der Waals surface area contributed by atoms with E-state index in [0.717, 1.165) is 37.4 Å². The molecule has 0 bridgehead atoms. The van der Waals surface area contributed by atoms with Gasteiger partial charge in [-0.25, -0.2) is 4.79 Å². The zero-order chi connectivity index (χ0) is 39.0. The standard InChI is InChI=1S/C51H69N3O2/c1-33(2)38-19-24-50(52-27-28-54-32-43-51(54)29-37(51)31-53(43)30-34-11-9-8-10-12-34)26-25-48(6)40(44(38)50)17-18-42-47(5)22-20-39(35-13-15-36(16-14-35)45(55)56)46(3,4)41(47)21-23-49(42,48)7/h8-16,20,37-38,40-44,52H,1,17-19,21-32H2,2-7H3,(H,55,56)/t37-,38-,40+,41-,42+,43+,44+,47-,48+,49+,50-,51?/m0/s1. The monoisotopic (exact) mass is 756 g/mol. The Morgan fingerprint density at radius 1 is 0.875 bits per heavy atom. The minimum Gasteiger partial charge on any atom is -0.478 e. The lowest BCUT2D eigenvalue weighted by molar-refractivity contribution is -0.219. The highest BCUT2D eigenvalue weighted by molar-refractivity contribution is 5.88. The molecule has 5 saturated carbocycles. The van der Waals surface area contributed by atoms with Gasteiger partial charge in [-0.05, 0) is 157 Å². The zero-order valence-corrected chi connectivity index (χ0v) is 35.4. The number of carboxylic acids is 1. The molecule has 10 rings (SSSR count). The summed E-state index contributed by atoms with van der Waals surface area (Å²) in [6, 6.07) is 19.6. The van der Waals surface area contributed by atoms with Crippen molar-refractivity contribution in [3.8, 4) is 0 Å². The number of nitrogens with zero attached hydrogens (tertiary/aromatic N) is 2. The Bertz CT molecular complexity index is 1940. The fraction of sp³-hybridized carbons (Fsp3) is 0.667. The zero-order valence-electron chi connectivity index (χ0n) is 35.4. The van der Waals surface area contributed by atoms with Crippen molar-refractivity contribution in [2.24, 2.45) is 57.2 Å². The molecule has 2 heterocycles. The van der Waals surface area contributed by atoms with Crippen molar-refractivity contribution in [1.29, 1.82) is 0 Å². The minimum atomic E-state index is -0.851. The molecule has 300 valence electrons. The first-order valence-electron chi connectivity index (χ1n) is 22.7. The van der Waals surface area contributed by atoms with Crippen molar-refractivity contribution in [2.75, 3.05) is 26.2 Å². The lowest BCUT2D eigenvalue weighted by Crippen LogP contribution is -2.69. The molecule has 2 aromatic rings. The summed E-state index contributed by atoms with van der Waals surface area (Å²) in [6.07, 6.45) is 15.7. The quantitative estimate of drug-likeness (QED) is 0.250. The second kappa shape index (κ2) is 12.6. The van der Waals surface area contributed by atoms with E-state index >= 15 is 0 Å². The van der Waals surface area contributed by atoms with Crippen LogP contribution in [-0.4, -0.2) is 64.2 Å². The number of nitrogens with one attached hydrogen (secondary N) is 1. The van der Waals surface area contributed by atoms with E-state index in [9.17, 15) is 9.90 Å². The third kappa shape index (κ3) is 5.04. The van der Waals surface area contributed by atoms with E-state index in [2.05, 4.69) is 112 Å². The number of rotatable bonds is 9. The van der Waals surface area contributed by atoms with Crippen molar-refractivity contribution < 1.29 is 9.90 Å². The summed E-state index contributed by atoms with van der Waals surface area (Å²) < 4.78 is 0. The predicted octanol–water partition coefficient (Wildman–Crippen LogP) is 10.3. The van der Waals surface area contributed by atoms with Gasteiger partial charge in [0.2, 0.25) is 0 Å². The van der Waals surface area contributed by atoms with Gasteiger partial charge in [0.05, 0.1) is 5.56 Å². The molecule has 5 heteroatoms. The lowest BCUT2D eigenvalue weighted by Gasteiger charge is -2.72.